The highest BCUT2D eigenvalue weighted by molar-refractivity contribution is 6.30. The van der Waals surface area contributed by atoms with E-state index in [0.717, 1.165) is 0 Å². The van der Waals surface area contributed by atoms with Gasteiger partial charge in [0, 0.05) is 17.6 Å². The van der Waals surface area contributed by atoms with Crippen LogP contribution in [-0.2, 0) is 7.05 Å². The minimum atomic E-state index is -0.158. The Balaban J connectivity index is 2.43. The third-order valence-corrected chi connectivity index (χ3v) is 2.54. The Morgan fingerprint density at radius 2 is 2.00 bits per heavy atom. The third kappa shape index (κ3) is 1.79. The van der Waals surface area contributed by atoms with Gasteiger partial charge in [-0.25, -0.2) is 0 Å². The maximum absolute atomic E-state index is 12.1. The summed E-state index contributed by atoms with van der Waals surface area (Å²) in [4.78, 5) is 12.1. The van der Waals surface area contributed by atoms with Gasteiger partial charge >= 0.3 is 0 Å². The SMILES string of the molecule is Cn1ncc(N)c1C(=O)c1ccc(Cl)cc1. The lowest BCUT2D eigenvalue weighted by atomic mass is 10.1. The average molecular weight is 236 g/mol. The number of benzene rings is 1. The van der Waals surface area contributed by atoms with Gasteiger partial charge < -0.3 is 5.73 Å². The normalized spacial score (nSPS) is 10.4. The van der Waals surface area contributed by atoms with E-state index in [1.165, 1.54) is 10.9 Å². The second-order valence-electron chi connectivity index (χ2n) is 3.41. The van der Waals surface area contributed by atoms with E-state index in [2.05, 4.69) is 5.10 Å². The van der Waals surface area contributed by atoms with Crippen molar-refractivity contribution in [3.8, 4) is 0 Å². The summed E-state index contributed by atoms with van der Waals surface area (Å²) >= 11 is 5.75. The van der Waals surface area contributed by atoms with Crippen molar-refractivity contribution in [2.45, 2.75) is 0 Å². The van der Waals surface area contributed by atoms with E-state index in [0.29, 0.717) is 22.0 Å². The first-order valence-corrected chi connectivity index (χ1v) is 5.05. The second kappa shape index (κ2) is 3.98. The summed E-state index contributed by atoms with van der Waals surface area (Å²) in [6.07, 6.45) is 1.46. The van der Waals surface area contributed by atoms with E-state index in [1.807, 2.05) is 0 Å². The van der Waals surface area contributed by atoms with Gasteiger partial charge in [-0.15, -0.1) is 0 Å². The minimum absolute atomic E-state index is 0.158. The lowest BCUT2D eigenvalue weighted by Crippen LogP contribution is -2.10. The van der Waals surface area contributed by atoms with Crippen LogP contribution in [0.5, 0.6) is 0 Å². The minimum Gasteiger partial charge on any atom is -0.396 e. The molecule has 0 aliphatic rings. The molecule has 0 amide bonds. The maximum Gasteiger partial charge on any atom is 0.213 e. The Hall–Kier alpha value is -1.81. The zero-order valence-corrected chi connectivity index (χ0v) is 9.40. The quantitative estimate of drug-likeness (QED) is 0.809. The highest BCUT2D eigenvalue weighted by Crippen LogP contribution is 2.17. The summed E-state index contributed by atoms with van der Waals surface area (Å²) in [5.41, 5.74) is 6.99. The monoisotopic (exact) mass is 235 g/mol. The molecular weight excluding hydrogens is 226 g/mol. The highest BCUT2D eigenvalue weighted by Gasteiger charge is 2.16. The molecule has 5 heteroatoms. The van der Waals surface area contributed by atoms with E-state index in [-0.39, 0.29) is 5.78 Å². The molecule has 0 saturated carbocycles. The number of rotatable bonds is 2. The number of nitrogens with zero attached hydrogens (tertiary/aromatic N) is 2. The molecule has 0 atom stereocenters. The summed E-state index contributed by atoms with van der Waals surface area (Å²) in [6.45, 7) is 0. The van der Waals surface area contributed by atoms with Crippen molar-refractivity contribution in [1.29, 1.82) is 0 Å². The van der Waals surface area contributed by atoms with Crippen molar-refractivity contribution in [1.82, 2.24) is 9.78 Å². The van der Waals surface area contributed by atoms with E-state index in [9.17, 15) is 4.79 Å². The van der Waals surface area contributed by atoms with Gasteiger partial charge in [-0.1, -0.05) is 11.6 Å². The van der Waals surface area contributed by atoms with Gasteiger partial charge in [-0.2, -0.15) is 5.10 Å². The summed E-state index contributed by atoms with van der Waals surface area (Å²) < 4.78 is 1.46. The molecule has 0 aliphatic carbocycles. The van der Waals surface area contributed by atoms with Crippen molar-refractivity contribution in [3.05, 3.63) is 46.7 Å². The first-order chi connectivity index (χ1) is 7.59. The summed E-state index contributed by atoms with van der Waals surface area (Å²) in [5, 5.41) is 4.52. The molecule has 2 aromatic rings. The first-order valence-electron chi connectivity index (χ1n) is 4.67. The molecule has 82 valence electrons. The number of halogens is 1. The Kier molecular flexibility index (Phi) is 2.66. The van der Waals surface area contributed by atoms with Gasteiger partial charge in [0.1, 0.15) is 5.69 Å². The van der Waals surface area contributed by atoms with Gasteiger partial charge in [0.15, 0.2) is 0 Å². The number of hydrogen-bond donors (Lipinski definition) is 1. The molecule has 0 bridgehead atoms. The van der Waals surface area contributed by atoms with Crippen LogP contribution >= 0.6 is 11.6 Å². The Morgan fingerprint density at radius 1 is 1.38 bits per heavy atom. The summed E-state index contributed by atoms with van der Waals surface area (Å²) in [7, 11) is 1.68. The molecule has 1 heterocycles. The number of carbonyl (C=O) groups excluding carboxylic acids is 1. The Labute approximate surface area is 97.6 Å². The van der Waals surface area contributed by atoms with E-state index >= 15 is 0 Å². The van der Waals surface area contributed by atoms with Gasteiger partial charge in [0.25, 0.3) is 0 Å². The van der Waals surface area contributed by atoms with Crippen molar-refractivity contribution in [2.24, 2.45) is 7.05 Å². The first kappa shape index (κ1) is 10.7. The predicted molar refractivity (Wildman–Crippen MR) is 62.5 cm³/mol. The Bertz CT molecular complexity index is 511. The van der Waals surface area contributed by atoms with Crippen LogP contribution in [0.25, 0.3) is 0 Å². The third-order valence-electron chi connectivity index (χ3n) is 2.29. The number of carbonyl (C=O) groups is 1. The molecule has 0 fully saturated rings. The van der Waals surface area contributed by atoms with E-state index < -0.39 is 0 Å². The fourth-order valence-electron chi connectivity index (χ4n) is 1.47. The van der Waals surface area contributed by atoms with Crippen LogP contribution in [0, 0.1) is 0 Å². The van der Waals surface area contributed by atoms with Crippen molar-refractivity contribution in [3.63, 3.8) is 0 Å². The fraction of sp³-hybridized carbons (Fsp3) is 0.0909. The molecule has 1 aromatic carbocycles. The molecule has 1 aromatic heterocycles. The Morgan fingerprint density at radius 3 is 2.50 bits per heavy atom. The van der Waals surface area contributed by atoms with Gasteiger partial charge in [-0.3, -0.25) is 9.48 Å². The maximum atomic E-state index is 12.1. The molecule has 0 saturated heterocycles. The summed E-state index contributed by atoms with van der Waals surface area (Å²) in [6, 6.07) is 6.66. The molecule has 2 N–H and O–H groups in total. The smallest absolute Gasteiger partial charge is 0.213 e. The molecular formula is C11H10ClN3O. The molecule has 4 nitrogen and oxygen atoms in total. The van der Waals surface area contributed by atoms with Gasteiger partial charge in [0.05, 0.1) is 11.9 Å². The average Bonchev–Trinajstić information content (AvgIpc) is 2.59. The lowest BCUT2D eigenvalue weighted by Gasteiger charge is -2.02. The highest BCUT2D eigenvalue weighted by atomic mass is 35.5. The molecule has 2 rings (SSSR count). The van der Waals surface area contributed by atoms with Crippen molar-refractivity contribution in [2.75, 3.05) is 5.73 Å². The fourth-order valence-corrected chi connectivity index (χ4v) is 1.60. The van der Waals surface area contributed by atoms with E-state index in [1.54, 1.807) is 31.3 Å². The number of ketones is 1. The van der Waals surface area contributed by atoms with Crippen molar-refractivity contribution < 1.29 is 4.79 Å². The number of aromatic nitrogens is 2. The number of hydrogen-bond acceptors (Lipinski definition) is 3. The van der Waals surface area contributed by atoms with Crippen LogP contribution in [0.3, 0.4) is 0 Å². The van der Waals surface area contributed by atoms with Gasteiger partial charge in [-0.05, 0) is 24.3 Å². The zero-order chi connectivity index (χ0) is 11.7. The zero-order valence-electron chi connectivity index (χ0n) is 8.64. The van der Waals surface area contributed by atoms with Crippen LogP contribution in [0.1, 0.15) is 16.1 Å². The number of anilines is 1. The topological polar surface area (TPSA) is 60.9 Å². The van der Waals surface area contributed by atoms with Gasteiger partial charge in [0.2, 0.25) is 5.78 Å². The predicted octanol–water partition coefficient (Wildman–Crippen LogP) is 1.89. The van der Waals surface area contributed by atoms with Crippen LogP contribution < -0.4 is 5.73 Å². The second-order valence-corrected chi connectivity index (χ2v) is 3.84. The van der Waals surface area contributed by atoms with E-state index in [4.69, 9.17) is 17.3 Å². The van der Waals surface area contributed by atoms with Crippen LogP contribution in [0.15, 0.2) is 30.5 Å². The molecule has 0 spiro atoms. The standard InChI is InChI=1S/C11H10ClN3O/c1-15-10(9(13)6-14-15)11(16)7-2-4-8(12)5-3-7/h2-6H,13H2,1H3. The molecule has 0 radical (unpaired) electrons. The van der Waals surface area contributed by atoms with Crippen molar-refractivity contribution >= 4 is 23.1 Å². The van der Waals surface area contributed by atoms with Crippen LogP contribution in [0.4, 0.5) is 5.69 Å². The largest absolute Gasteiger partial charge is 0.396 e. The lowest BCUT2D eigenvalue weighted by molar-refractivity contribution is 0.103. The molecule has 0 unspecified atom stereocenters. The van der Waals surface area contributed by atoms with Crippen LogP contribution in [-0.4, -0.2) is 15.6 Å². The number of nitrogens with two attached hydrogens (primary N) is 1. The summed E-state index contributed by atoms with van der Waals surface area (Å²) in [5.74, 6) is -0.158. The number of aryl methyl sites for hydroxylation is 1. The van der Waals surface area contributed by atoms with Crippen LogP contribution in [0.2, 0.25) is 5.02 Å². The molecule has 16 heavy (non-hydrogen) atoms. The number of nitrogen functional groups attached to an aromatic ring is 1. The molecule has 0 aliphatic heterocycles.